The van der Waals surface area contributed by atoms with Crippen LogP contribution >= 0.6 is 11.6 Å². The van der Waals surface area contributed by atoms with Crippen molar-refractivity contribution in [3.05, 3.63) is 47.7 Å². The third kappa shape index (κ3) is 1.56. The summed E-state index contributed by atoms with van der Waals surface area (Å²) in [5.74, 6) is -0.159. The van der Waals surface area contributed by atoms with Gasteiger partial charge in [-0.05, 0) is 12.1 Å². The minimum absolute atomic E-state index is 0.159. The van der Waals surface area contributed by atoms with E-state index in [0.717, 1.165) is 11.1 Å². The van der Waals surface area contributed by atoms with Crippen molar-refractivity contribution in [2.24, 2.45) is 0 Å². The van der Waals surface area contributed by atoms with Crippen molar-refractivity contribution >= 4 is 11.6 Å². The molecule has 0 saturated carbocycles. The first kappa shape index (κ1) is 9.03. The maximum Gasteiger partial charge on any atom is 0.197 e. The molecule has 0 unspecified atom stereocenters. The van der Waals surface area contributed by atoms with Crippen molar-refractivity contribution in [3.8, 4) is 16.9 Å². The summed E-state index contributed by atoms with van der Waals surface area (Å²) in [5.41, 5.74) is 1.59. The number of hydrogen-bond acceptors (Lipinski definition) is 1. The molecule has 1 heterocycles. The quantitative estimate of drug-likeness (QED) is 0.699. The number of hydrogen-bond donors (Lipinski definition) is 0. The standard InChI is InChI=1S/C11H7ClNO/c12-11-9(4-1-5-10(11)14)8-3-2-6-13-7-8/h1-7H. The first-order valence-corrected chi connectivity index (χ1v) is 4.53. The number of nitrogens with zero attached hydrogens (tertiary/aromatic N) is 1. The molecule has 0 saturated heterocycles. The second-order valence-corrected chi connectivity index (χ2v) is 3.24. The van der Waals surface area contributed by atoms with E-state index in [9.17, 15) is 5.11 Å². The molecule has 2 rings (SSSR count). The maximum atomic E-state index is 11.3. The van der Waals surface area contributed by atoms with E-state index in [1.54, 1.807) is 24.5 Å². The van der Waals surface area contributed by atoms with E-state index in [4.69, 9.17) is 11.6 Å². The van der Waals surface area contributed by atoms with E-state index in [2.05, 4.69) is 4.98 Å². The molecule has 0 atom stereocenters. The molecule has 1 aromatic carbocycles. The van der Waals surface area contributed by atoms with Crippen molar-refractivity contribution in [3.63, 3.8) is 0 Å². The molecule has 2 aromatic rings. The zero-order chi connectivity index (χ0) is 9.97. The topological polar surface area (TPSA) is 32.8 Å². The predicted molar refractivity (Wildman–Crippen MR) is 54.8 cm³/mol. The summed E-state index contributed by atoms with van der Waals surface area (Å²) in [5, 5.41) is 11.5. The van der Waals surface area contributed by atoms with Gasteiger partial charge in [-0.3, -0.25) is 10.1 Å². The Kier molecular flexibility index (Phi) is 2.37. The van der Waals surface area contributed by atoms with E-state index in [1.165, 1.54) is 6.07 Å². The van der Waals surface area contributed by atoms with Crippen LogP contribution in [0.2, 0.25) is 5.02 Å². The molecule has 0 fully saturated rings. The summed E-state index contributed by atoms with van der Waals surface area (Å²) >= 11 is 5.89. The molecule has 0 aliphatic heterocycles. The fourth-order valence-electron chi connectivity index (χ4n) is 1.26. The first-order chi connectivity index (χ1) is 6.79. The lowest BCUT2D eigenvalue weighted by molar-refractivity contribution is 0.355. The molecule has 2 nitrogen and oxygen atoms in total. The maximum absolute atomic E-state index is 11.3. The number of aromatic nitrogens is 1. The second kappa shape index (κ2) is 3.68. The van der Waals surface area contributed by atoms with E-state index < -0.39 is 0 Å². The van der Waals surface area contributed by atoms with Crippen LogP contribution in [0.15, 0.2) is 42.7 Å². The van der Waals surface area contributed by atoms with E-state index in [0.29, 0.717) is 0 Å². The summed E-state index contributed by atoms with van der Waals surface area (Å²) < 4.78 is 0. The molecule has 0 aliphatic carbocycles. The summed E-state index contributed by atoms with van der Waals surface area (Å²) in [7, 11) is 0. The molecule has 14 heavy (non-hydrogen) atoms. The Morgan fingerprint density at radius 2 is 2.00 bits per heavy atom. The van der Waals surface area contributed by atoms with Crippen molar-refractivity contribution in [1.29, 1.82) is 0 Å². The Morgan fingerprint density at radius 1 is 1.14 bits per heavy atom. The summed E-state index contributed by atoms with van der Waals surface area (Å²) in [6.45, 7) is 0. The Hall–Kier alpha value is -1.54. The van der Waals surface area contributed by atoms with Crippen LogP contribution in [0, 0.1) is 0 Å². The molecule has 0 spiro atoms. The monoisotopic (exact) mass is 204 g/mol. The zero-order valence-corrected chi connectivity index (χ0v) is 8.03. The van der Waals surface area contributed by atoms with Gasteiger partial charge in [-0.15, -0.1) is 0 Å². The average Bonchev–Trinajstić information content (AvgIpc) is 2.23. The lowest BCUT2D eigenvalue weighted by Gasteiger charge is -2.03. The highest BCUT2D eigenvalue weighted by molar-refractivity contribution is 6.34. The van der Waals surface area contributed by atoms with Gasteiger partial charge < -0.3 is 0 Å². The van der Waals surface area contributed by atoms with E-state index in [1.807, 2.05) is 12.1 Å². The fraction of sp³-hybridized carbons (Fsp3) is 0. The van der Waals surface area contributed by atoms with Crippen LogP contribution in [-0.2, 0) is 5.11 Å². The number of pyridine rings is 1. The molecule has 1 radical (unpaired) electrons. The van der Waals surface area contributed by atoms with Gasteiger partial charge in [-0.25, -0.2) is 0 Å². The highest BCUT2D eigenvalue weighted by Gasteiger charge is 2.07. The third-order valence-corrected chi connectivity index (χ3v) is 2.33. The largest absolute Gasteiger partial charge is 0.288 e. The van der Waals surface area contributed by atoms with Crippen molar-refractivity contribution < 1.29 is 5.11 Å². The smallest absolute Gasteiger partial charge is 0.197 e. The normalized spacial score (nSPS) is 10.1. The summed E-state index contributed by atoms with van der Waals surface area (Å²) in [6, 6.07) is 8.62. The summed E-state index contributed by atoms with van der Waals surface area (Å²) in [6.07, 6.45) is 3.36. The van der Waals surface area contributed by atoms with Crippen LogP contribution in [0.5, 0.6) is 5.75 Å². The molecule has 1 aromatic heterocycles. The van der Waals surface area contributed by atoms with Crippen LogP contribution in [0.25, 0.3) is 11.1 Å². The second-order valence-electron chi connectivity index (χ2n) is 2.86. The van der Waals surface area contributed by atoms with Gasteiger partial charge in [-0.1, -0.05) is 29.8 Å². The van der Waals surface area contributed by atoms with Crippen LogP contribution in [0.4, 0.5) is 0 Å². The molecule has 69 valence electrons. The molecular weight excluding hydrogens is 198 g/mol. The Labute approximate surface area is 86.8 Å². The minimum atomic E-state index is -0.159. The Balaban J connectivity index is 2.58. The summed E-state index contributed by atoms with van der Waals surface area (Å²) in [4.78, 5) is 3.97. The van der Waals surface area contributed by atoms with Gasteiger partial charge in [0.1, 0.15) is 0 Å². The van der Waals surface area contributed by atoms with E-state index in [-0.39, 0.29) is 10.8 Å². The van der Waals surface area contributed by atoms with Gasteiger partial charge in [0.15, 0.2) is 5.75 Å². The Morgan fingerprint density at radius 3 is 2.71 bits per heavy atom. The van der Waals surface area contributed by atoms with Crippen LogP contribution in [0.3, 0.4) is 0 Å². The molecule has 3 heteroatoms. The Bertz CT molecular complexity index is 442. The molecule has 0 aliphatic rings. The van der Waals surface area contributed by atoms with Gasteiger partial charge in [-0.2, -0.15) is 0 Å². The lowest BCUT2D eigenvalue weighted by atomic mass is 10.1. The van der Waals surface area contributed by atoms with Crippen molar-refractivity contribution in [2.45, 2.75) is 0 Å². The average molecular weight is 205 g/mol. The van der Waals surface area contributed by atoms with Crippen LogP contribution < -0.4 is 0 Å². The van der Waals surface area contributed by atoms with Crippen LogP contribution in [-0.4, -0.2) is 4.98 Å². The number of rotatable bonds is 1. The fourth-order valence-corrected chi connectivity index (χ4v) is 1.49. The molecule has 0 amide bonds. The molecular formula is C11H7ClNO. The zero-order valence-electron chi connectivity index (χ0n) is 7.27. The van der Waals surface area contributed by atoms with Crippen molar-refractivity contribution in [1.82, 2.24) is 4.98 Å². The van der Waals surface area contributed by atoms with Gasteiger partial charge in [0.05, 0.1) is 5.02 Å². The third-order valence-electron chi connectivity index (χ3n) is 1.94. The SMILES string of the molecule is [O]c1cccc(-c2cccnc2)c1Cl. The predicted octanol–water partition coefficient (Wildman–Crippen LogP) is 3.55. The first-order valence-electron chi connectivity index (χ1n) is 4.15. The molecule has 0 N–H and O–H groups in total. The number of benzene rings is 1. The minimum Gasteiger partial charge on any atom is -0.288 e. The lowest BCUT2D eigenvalue weighted by Crippen LogP contribution is -1.80. The molecule has 0 bridgehead atoms. The highest BCUT2D eigenvalue weighted by atomic mass is 35.5. The van der Waals surface area contributed by atoms with Gasteiger partial charge in [0, 0.05) is 23.5 Å². The van der Waals surface area contributed by atoms with Gasteiger partial charge in [0.2, 0.25) is 0 Å². The van der Waals surface area contributed by atoms with E-state index >= 15 is 0 Å². The van der Waals surface area contributed by atoms with Gasteiger partial charge >= 0.3 is 0 Å². The highest BCUT2D eigenvalue weighted by Crippen LogP contribution is 2.34. The van der Waals surface area contributed by atoms with Gasteiger partial charge in [0.25, 0.3) is 0 Å². The van der Waals surface area contributed by atoms with Crippen LogP contribution in [0.1, 0.15) is 0 Å². The van der Waals surface area contributed by atoms with Crippen molar-refractivity contribution in [2.75, 3.05) is 0 Å². The number of halogens is 1.